The van der Waals surface area contributed by atoms with Gasteiger partial charge in [-0.3, -0.25) is 0 Å². The highest BCUT2D eigenvalue weighted by molar-refractivity contribution is 5.12. The van der Waals surface area contributed by atoms with Gasteiger partial charge in [0, 0.05) is 0 Å². The van der Waals surface area contributed by atoms with Gasteiger partial charge < -0.3 is 5.11 Å². The molecule has 0 radical (unpaired) electrons. The van der Waals surface area contributed by atoms with Crippen molar-refractivity contribution in [3.8, 4) is 0 Å². The number of aliphatic hydroxyl groups is 1. The molecule has 0 aromatic rings. The monoisotopic (exact) mass is 264 g/mol. The van der Waals surface area contributed by atoms with Crippen LogP contribution in [0.1, 0.15) is 79.1 Å². The van der Waals surface area contributed by atoms with Crippen molar-refractivity contribution in [2.45, 2.75) is 84.7 Å². The highest BCUT2D eigenvalue weighted by atomic mass is 16.3. The summed E-state index contributed by atoms with van der Waals surface area (Å²) >= 11 is 0. The molecule has 0 heterocycles. The minimum absolute atomic E-state index is 0.342. The first-order valence-electron chi connectivity index (χ1n) is 8.55. The van der Waals surface area contributed by atoms with Crippen molar-refractivity contribution in [1.82, 2.24) is 0 Å². The van der Waals surface area contributed by atoms with E-state index >= 15 is 0 Å². The van der Waals surface area contributed by atoms with E-state index in [1.807, 2.05) is 0 Å². The van der Waals surface area contributed by atoms with Crippen molar-refractivity contribution < 1.29 is 5.11 Å². The lowest BCUT2D eigenvalue weighted by Crippen LogP contribution is -2.42. The second-order valence-corrected chi connectivity index (χ2v) is 8.65. The van der Waals surface area contributed by atoms with Crippen molar-refractivity contribution in [1.29, 1.82) is 0 Å². The summed E-state index contributed by atoms with van der Waals surface area (Å²) in [6.45, 7) is 9.75. The molecular formula is C18H32O. The van der Waals surface area contributed by atoms with Gasteiger partial charge in [-0.2, -0.15) is 0 Å². The fourth-order valence-electron chi connectivity index (χ4n) is 6.03. The predicted octanol–water partition coefficient (Wildman–Crippen LogP) is 4.78. The molecule has 0 aromatic heterocycles. The molecule has 2 unspecified atom stereocenters. The lowest BCUT2D eigenvalue weighted by Gasteiger charge is -2.47. The summed E-state index contributed by atoms with van der Waals surface area (Å²) < 4.78 is 0. The smallest absolute Gasteiger partial charge is 0.0648 e. The summed E-state index contributed by atoms with van der Waals surface area (Å²) in [4.78, 5) is 0. The SMILES string of the molecule is CCC1(O)CCCC([C@H]2C[C@@H]3CC[C@@]2(C)C3(C)C)C1. The Bertz CT molecular complexity index is 361. The maximum Gasteiger partial charge on any atom is 0.0648 e. The molecule has 3 aliphatic carbocycles. The Morgan fingerprint density at radius 2 is 1.84 bits per heavy atom. The number of rotatable bonds is 2. The average molecular weight is 264 g/mol. The molecule has 3 saturated carbocycles. The standard InChI is InChI=1S/C18H32O/c1-5-18(19)9-6-7-13(12-18)15-11-14-8-10-17(15,4)16(14,2)3/h13-15,19H,5-12H2,1-4H3/t13?,14-,15+,17+,18?/m0/s1. The van der Waals surface area contributed by atoms with E-state index in [9.17, 15) is 5.11 Å². The van der Waals surface area contributed by atoms with E-state index in [2.05, 4.69) is 27.7 Å². The van der Waals surface area contributed by atoms with Crippen LogP contribution in [0.4, 0.5) is 0 Å². The molecule has 5 atom stereocenters. The van der Waals surface area contributed by atoms with Gasteiger partial charge in [0.1, 0.15) is 0 Å². The van der Waals surface area contributed by atoms with E-state index in [0.717, 1.165) is 37.0 Å². The highest BCUT2D eigenvalue weighted by Crippen LogP contribution is 2.70. The molecule has 2 bridgehead atoms. The van der Waals surface area contributed by atoms with Crippen LogP contribution in [0.3, 0.4) is 0 Å². The number of hydrogen-bond acceptors (Lipinski definition) is 1. The third-order valence-corrected chi connectivity index (χ3v) is 7.95. The summed E-state index contributed by atoms with van der Waals surface area (Å²) in [5.74, 6) is 2.60. The minimum atomic E-state index is -0.342. The van der Waals surface area contributed by atoms with Gasteiger partial charge in [-0.1, -0.05) is 34.1 Å². The Morgan fingerprint density at radius 3 is 2.37 bits per heavy atom. The Hall–Kier alpha value is -0.0400. The molecule has 110 valence electrons. The van der Waals surface area contributed by atoms with E-state index in [0.29, 0.717) is 10.8 Å². The first-order chi connectivity index (χ1) is 8.82. The average Bonchev–Trinajstić information content (AvgIpc) is 2.71. The van der Waals surface area contributed by atoms with E-state index in [4.69, 9.17) is 0 Å². The molecule has 0 aromatic carbocycles. The quantitative estimate of drug-likeness (QED) is 0.761. The van der Waals surface area contributed by atoms with Crippen molar-refractivity contribution in [3.05, 3.63) is 0 Å². The highest BCUT2D eigenvalue weighted by Gasteiger charge is 2.62. The van der Waals surface area contributed by atoms with E-state index in [1.54, 1.807) is 0 Å². The van der Waals surface area contributed by atoms with E-state index in [-0.39, 0.29) is 5.60 Å². The van der Waals surface area contributed by atoms with Crippen LogP contribution in [-0.2, 0) is 0 Å². The number of fused-ring (bicyclic) bond motifs is 2. The van der Waals surface area contributed by atoms with Crippen LogP contribution in [0.2, 0.25) is 0 Å². The largest absolute Gasteiger partial charge is 0.390 e. The van der Waals surface area contributed by atoms with Crippen LogP contribution in [0, 0.1) is 28.6 Å². The van der Waals surface area contributed by atoms with Gasteiger partial charge >= 0.3 is 0 Å². The first kappa shape index (κ1) is 13.9. The predicted molar refractivity (Wildman–Crippen MR) is 79.9 cm³/mol. The summed E-state index contributed by atoms with van der Waals surface area (Å²) in [6, 6.07) is 0. The number of hydrogen-bond donors (Lipinski definition) is 1. The lowest BCUT2D eigenvalue weighted by atomic mass is 9.59. The Morgan fingerprint density at radius 1 is 1.11 bits per heavy atom. The Kier molecular flexibility index (Phi) is 3.10. The first-order valence-corrected chi connectivity index (χ1v) is 8.55. The molecule has 3 aliphatic rings. The van der Waals surface area contributed by atoms with Gasteiger partial charge in [-0.05, 0) is 73.5 Å². The Labute approximate surface area is 119 Å². The van der Waals surface area contributed by atoms with Gasteiger partial charge in [0.25, 0.3) is 0 Å². The third kappa shape index (κ3) is 1.83. The molecule has 3 fully saturated rings. The van der Waals surface area contributed by atoms with Crippen LogP contribution < -0.4 is 0 Å². The van der Waals surface area contributed by atoms with Crippen molar-refractivity contribution in [2.75, 3.05) is 0 Å². The molecule has 0 amide bonds. The zero-order chi connectivity index (χ0) is 13.9. The van der Waals surface area contributed by atoms with Gasteiger partial charge in [-0.15, -0.1) is 0 Å². The molecular weight excluding hydrogens is 232 g/mol. The van der Waals surface area contributed by atoms with Crippen LogP contribution in [0.25, 0.3) is 0 Å². The minimum Gasteiger partial charge on any atom is -0.390 e. The van der Waals surface area contributed by atoms with E-state index in [1.165, 1.54) is 32.1 Å². The molecule has 1 N–H and O–H groups in total. The Balaban J connectivity index is 1.81. The molecule has 19 heavy (non-hydrogen) atoms. The van der Waals surface area contributed by atoms with Crippen LogP contribution >= 0.6 is 0 Å². The summed E-state index contributed by atoms with van der Waals surface area (Å²) in [5, 5.41) is 10.7. The van der Waals surface area contributed by atoms with Crippen molar-refractivity contribution in [3.63, 3.8) is 0 Å². The normalized spacial score (nSPS) is 52.6. The molecule has 3 rings (SSSR count). The summed E-state index contributed by atoms with van der Waals surface area (Å²) in [7, 11) is 0. The molecule has 1 nitrogen and oxygen atoms in total. The third-order valence-electron chi connectivity index (χ3n) is 7.95. The zero-order valence-electron chi connectivity index (χ0n) is 13.3. The van der Waals surface area contributed by atoms with Gasteiger partial charge in [-0.25, -0.2) is 0 Å². The maximum absolute atomic E-state index is 10.7. The van der Waals surface area contributed by atoms with Crippen LogP contribution in [0.5, 0.6) is 0 Å². The maximum atomic E-state index is 10.7. The second kappa shape index (κ2) is 4.23. The van der Waals surface area contributed by atoms with Crippen LogP contribution in [-0.4, -0.2) is 10.7 Å². The van der Waals surface area contributed by atoms with E-state index < -0.39 is 0 Å². The lowest BCUT2D eigenvalue weighted by molar-refractivity contribution is -0.0507. The van der Waals surface area contributed by atoms with Crippen molar-refractivity contribution >= 4 is 0 Å². The fraction of sp³-hybridized carbons (Fsp3) is 1.00. The fourth-order valence-corrected chi connectivity index (χ4v) is 6.03. The molecule has 1 heteroatoms. The van der Waals surface area contributed by atoms with Gasteiger partial charge in [0.05, 0.1) is 5.60 Å². The molecule has 0 saturated heterocycles. The second-order valence-electron chi connectivity index (χ2n) is 8.65. The van der Waals surface area contributed by atoms with Gasteiger partial charge in [0.2, 0.25) is 0 Å². The molecule has 0 aliphatic heterocycles. The summed E-state index contributed by atoms with van der Waals surface area (Å²) in [6.07, 6.45) is 9.98. The topological polar surface area (TPSA) is 20.2 Å². The zero-order valence-corrected chi connectivity index (χ0v) is 13.3. The van der Waals surface area contributed by atoms with Crippen molar-refractivity contribution in [2.24, 2.45) is 28.6 Å². The summed E-state index contributed by atoms with van der Waals surface area (Å²) in [5.41, 5.74) is 0.721. The van der Waals surface area contributed by atoms with Gasteiger partial charge in [0.15, 0.2) is 0 Å². The molecule has 0 spiro atoms. The van der Waals surface area contributed by atoms with Crippen LogP contribution in [0.15, 0.2) is 0 Å².